The molecule has 162 valence electrons. The summed E-state index contributed by atoms with van der Waals surface area (Å²) in [6.45, 7) is 1.73. The van der Waals surface area contributed by atoms with Crippen molar-refractivity contribution >= 4 is 34.5 Å². The van der Waals surface area contributed by atoms with Crippen molar-refractivity contribution < 1.29 is 9.90 Å². The molecule has 0 aliphatic rings. The van der Waals surface area contributed by atoms with Crippen molar-refractivity contribution in [2.45, 2.75) is 22.8 Å². The monoisotopic (exact) mass is 446 g/mol. The van der Waals surface area contributed by atoms with Gasteiger partial charge in [-0.25, -0.2) is 4.98 Å². The number of aromatic amines is 1. The van der Waals surface area contributed by atoms with Gasteiger partial charge in [0, 0.05) is 15.4 Å². The van der Waals surface area contributed by atoms with Gasteiger partial charge in [-0.2, -0.15) is 0 Å². The molecule has 5 N–H and O–H groups in total. The molecule has 0 unspecified atom stereocenters. The minimum Gasteiger partial charge on any atom is -0.394 e. The van der Waals surface area contributed by atoms with Crippen LogP contribution in [0.4, 0.5) is 5.95 Å². The molecule has 0 aliphatic carbocycles. The van der Waals surface area contributed by atoms with Crippen molar-refractivity contribution in [3.63, 3.8) is 0 Å². The number of H-pyrrole nitrogens is 1. The summed E-state index contributed by atoms with van der Waals surface area (Å²) in [6, 6.07) is 19.6. The van der Waals surface area contributed by atoms with Gasteiger partial charge in [-0.15, -0.1) is 0 Å². The average Bonchev–Trinajstić information content (AvgIpc) is 2.80. The van der Waals surface area contributed by atoms with Crippen molar-refractivity contribution in [2.75, 3.05) is 12.3 Å². The molecule has 1 heterocycles. The Morgan fingerprint density at radius 1 is 1.12 bits per heavy atom. The summed E-state index contributed by atoms with van der Waals surface area (Å²) in [4.78, 5) is 33.6. The Morgan fingerprint density at radius 3 is 2.53 bits per heavy atom. The van der Waals surface area contributed by atoms with Crippen molar-refractivity contribution in [1.82, 2.24) is 15.3 Å². The van der Waals surface area contributed by atoms with Crippen LogP contribution in [-0.2, 0) is 0 Å². The highest BCUT2D eigenvalue weighted by molar-refractivity contribution is 7.99. The summed E-state index contributed by atoms with van der Waals surface area (Å²) in [7, 11) is 0. The molecule has 32 heavy (non-hydrogen) atoms. The van der Waals surface area contributed by atoms with Crippen LogP contribution in [0.5, 0.6) is 0 Å². The first kappa shape index (κ1) is 21.6. The maximum Gasteiger partial charge on any atom is 0.261 e. The number of carbonyl (C=O) groups excluding carboxylic acids is 1. The molecule has 0 fully saturated rings. The maximum atomic E-state index is 12.7. The molecule has 8 heteroatoms. The van der Waals surface area contributed by atoms with E-state index in [0.717, 1.165) is 20.9 Å². The van der Waals surface area contributed by atoms with Gasteiger partial charge in [0.05, 0.1) is 23.6 Å². The lowest BCUT2D eigenvalue weighted by Crippen LogP contribution is -2.30. The number of amides is 1. The number of carbonyl (C=O) groups is 1. The molecular formula is C24H22N4O3S. The smallest absolute Gasteiger partial charge is 0.261 e. The summed E-state index contributed by atoms with van der Waals surface area (Å²) >= 11 is 1.43. The molecule has 4 aromatic rings. The number of fused-ring (bicyclic) bond motifs is 1. The number of aromatic nitrogens is 2. The normalized spacial score (nSPS) is 11.9. The van der Waals surface area contributed by atoms with Crippen molar-refractivity contribution in [2.24, 2.45) is 0 Å². The Morgan fingerprint density at radius 2 is 1.84 bits per heavy atom. The molecule has 0 radical (unpaired) electrons. The highest BCUT2D eigenvalue weighted by atomic mass is 32.2. The molecule has 3 aromatic carbocycles. The number of hydrogen-bond donors (Lipinski definition) is 4. The summed E-state index contributed by atoms with van der Waals surface area (Å²) < 4.78 is 0. The molecule has 0 spiro atoms. The fraction of sp³-hybridized carbons (Fsp3) is 0.125. The number of anilines is 1. The van der Waals surface area contributed by atoms with E-state index in [2.05, 4.69) is 15.3 Å². The van der Waals surface area contributed by atoms with Gasteiger partial charge >= 0.3 is 0 Å². The van der Waals surface area contributed by atoms with E-state index in [1.807, 2.05) is 55.5 Å². The predicted molar refractivity (Wildman–Crippen MR) is 126 cm³/mol. The fourth-order valence-electron chi connectivity index (χ4n) is 3.41. The second-order valence-corrected chi connectivity index (χ2v) is 8.39. The maximum absolute atomic E-state index is 12.7. The largest absolute Gasteiger partial charge is 0.394 e. The number of aryl methyl sites for hydroxylation is 1. The van der Waals surface area contributed by atoms with Gasteiger partial charge in [0.1, 0.15) is 0 Å². The van der Waals surface area contributed by atoms with Crippen LogP contribution in [-0.4, -0.2) is 27.6 Å². The Balaban J connectivity index is 1.55. The van der Waals surface area contributed by atoms with E-state index in [1.165, 1.54) is 11.8 Å². The molecule has 1 aromatic heterocycles. The Bertz CT molecular complexity index is 1320. The molecule has 1 amide bonds. The van der Waals surface area contributed by atoms with E-state index in [4.69, 9.17) is 5.73 Å². The van der Waals surface area contributed by atoms with E-state index in [0.29, 0.717) is 16.5 Å². The molecule has 0 aliphatic heterocycles. The molecule has 0 saturated heterocycles. The Kier molecular flexibility index (Phi) is 6.25. The summed E-state index contributed by atoms with van der Waals surface area (Å²) in [5, 5.41) is 13.0. The fourth-order valence-corrected chi connectivity index (χ4v) is 4.45. The third-order valence-corrected chi connectivity index (χ3v) is 6.31. The van der Waals surface area contributed by atoms with Gasteiger partial charge < -0.3 is 16.2 Å². The minimum atomic E-state index is -0.484. The molecule has 0 bridgehead atoms. The first-order valence-electron chi connectivity index (χ1n) is 10.00. The minimum absolute atomic E-state index is 0.0781. The van der Waals surface area contributed by atoms with Gasteiger partial charge in [0.25, 0.3) is 11.5 Å². The van der Waals surface area contributed by atoms with E-state index in [-0.39, 0.29) is 24.0 Å². The highest BCUT2D eigenvalue weighted by Crippen LogP contribution is 2.34. The van der Waals surface area contributed by atoms with Crippen molar-refractivity contribution in [3.05, 3.63) is 93.8 Å². The Hall–Kier alpha value is -3.62. The highest BCUT2D eigenvalue weighted by Gasteiger charge is 2.16. The van der Waals surface area contributed by atoms with E-state index in [9.17, 15) is 14.7 Å². The van der Waals surface area contributed by atoms with Crippen molar-refractivity contribution in [1.29, 1.82) is 0 Å². The van der Waals surface area contributed by atoms with Gasteiger partial charge in [0.2, 0.25) is 5.95 Å². The van der Waals surface area contributed by atoms with E-state index < -0.39 is 6.04 Å². The van der Waals surface area contributed by atoms with Crippen LogP contribution in [0.1, 0.15) is 27.5 Å². The molecule has 1 atom stereocenters. The number of nitrogens with two attached hydrogens (primary N) is 1. The number of aliphatic hydroxyl groups excluding tert-OH is 1. The van der Waals surface area contributed by atoms with Crippen LogP contribution in [0.15, 0.2) is 81.3 Å². The first-order valence-corrected chi connectivity index (χ1v) is 10.8. The lowest BCUT2D eigenvalue weighted by molar-refractivity contribution is 0.0916. The van der Waals surface area contributed by atoms with Crippen LogP contribution in [0, 0.1) is 6.92 Å². The third-order valence-electron chi connectivity index (χ3n) is 5.07. The zero-order valence-corrected chi connectivity index (χ0v) is 18.1. The standard InChI is InChI=1S/C24H22N4O3S/c1-14-7-12-18-20(23(31)28-24(25)27-18)21(14)32-17-10-8-16(9-11-17)22(30)26-19(13-29)15-5-3-2-4-6-15/h2-12,19,29H,13H2,1H3,(H,26,30)(H3,25,27,28,31)/t19-/m1/s1. The number of aliphatic hydroxyl groups is 1. The van der Waals surface area contributed by atoms with Crippen molar-refractivity contribution in [3.8, 4) is 0 Å². The number of hydrogen-bond acceptors (Lipinski definition) is 6. The van der Waals surface area contributed by atoms with Crippen LogP contribution >= 0.6 is 11.8 Å². The second kappa shape index (κ2) is 9.25. The SMILES string of the molecule is Cc1ccc2nc(N)[nH]c(=O)c2c1Sc1ccc(C(=O)N[C@H](CO)c2ccccc2)cc1. The third kappa shape index (κ3) is 4.51. The summed E-state index contributed by atoms with van der Waals surface area (Å²) in [5.74, 6) is -0.198. The predicted octanol–water partition coefficient (Wildman–Crippen LogP) is 3.43. The summed E-state index contributed by atoms with van der Waals surface area (Å²) in [5.41, 5.74) is 8.16. The summed E-state index contributed by atoms with van der Waals surface area (Å²) in [6.07, 6.45) is 0. The van der Waals surface area contributed by atoms with Gasteiger partial charge in [-0.05, 0) is 48.4 Å². The molecular weight excluding hydrogens is 424 g/mol. The Labute approximate surface area is 188 Å². The number of nitrogens with one attached hydrogen (secondary N) is 2. The topological polar surface area (TPSA) is 121 Å². The van der Waals surface area contributed by atoms with Crippen LogP contribution in [0.25, 0.3) is 10.9 Å². The quantitative estimate of drug-likeness (QED) is 0.360. The number of rotatable bonds is 6. The van der Waals surface area contributed by atoms with Crippen LogP contribution in [0.2, 0.25) is 0 Å². The van der Waals surface area contributed by atoms with Crippen LogP contribution in [0.3, 0.4) is 0 Å². The van der Waals surface area contributed by atoms with Gasteiger partial charge in [-0.1, -0.05) is 48.2 Å². The van der Waals surface area contributed by atoms with E-state index >= 15 is 0 Å². The van der Waals surface area contributed by atoms with Gasteiger partial charge in [0.15, 0.2) is 0 Å². The number of benzene rings is 3. The molecule has 0 saturated carbocycles. The van der Waals surface area contributed by atoms with Gasteiger partial charge in [-0.3, -0.25) is 14.6 Å². The number of nitrogen functional groups attached to an aromatic ring is 1. The molecule has 4 rings (SSSR count). The van der Waals surface area contributed by atoms with E-state index in [1.54, 1.807) is 18.2 Å². The lowest BCUT2D eigenvalue weighted by atomic mass is 10.1. The second-order valence-electron chi connectivity index (χ2n) is 7.30. The average molecular weight is 447 g/mol. The first-order chi connectivity index (χ1) is 15.5. The zero-order valence-electron chi connectivity index (χ0n) is 17.3. The lowest BCUT2D eigenvalue weighted by Gasteiger charge is -2.17. The number of nitrogens with zero attached hydrogens (tertiary/aromatic N) is 1. The van der Waals surface area contributed by atoms with Crippen LogP contribution < -0.4 is 16.6 Å². The molecule has 7 nitrogen and oxygen atoms in total. The zero-order chi connectivity index (χ0) is 22.7.